The van der Waals surface area contributed by atoms with E-state index in [0.717, 1.165) is 41.7 Å². The number of nitrogens with zero attached hydrogens (tertiary/aromatic N) is 4. The Balaban J connectivity index is 1.78. The van der Waals surface area contributed by atoms with Crippen LogP contribution >= 0.6 is 0 Å². The number of hydrogen-bond acceptors (Lipinski definition) is 5. The molecular weight excluding hydrogens is 443 g/mol. The second kappa shape index (κ2) is 7.86. The number of sulfonamides is 1. The van der Waals surface area contributed by atoms with Crippen LogP contribution < -0.4 is 4.72 Å². The third-order valence-corrected chi connectivity index (χ3v) is 6.94. The lowest BCUT2D eigenvalue weighted by Gasteiger charge is -2.17. The van der Waals surface area contributed by atoms with Gasteiger partial charge in [-0.3, -0.25) is 0 Å². The second-order valence-electron chi connectivity index (χ2n) is 8.04. The number of nitrogens with one attached hydrogen (secondary N) is 1. The Morgan fingerprint density at radius 1 is 1.28 bits per heavy atom. The van der Waals surface area contributed by atoms with Crippen LogP contribution in [0, 0.1) is 24.2 Å². The third kappa shape index (κ3) is 4.20. The summed E-state index contributed by atoms with van der Waals surface area (Å²) in [5.74, 6) is 0.614. The number of nitriles is 1. The fourth-order valence-electron chi connectivity index (χ4n) is 3.50. The van der Waals surface area contributed by atoms with Gasteiger partial charge in [0.1, 0.15) is 22.7 Å². The van der Waals surface area contributed by atoms with Gasteiger partial charge in [0.25, 0.3) is 0 Å². The van der Waals surface area contributed by atoms with Gasteiger partial charge in [0.05, 0.1) is 23.5 Å². The lowest BCUT2D eigenvalue weighted by molar-refractivity contribution is -0.147. The van der Waals surface area contributed by atoms with E-state index in [1.54, 1.807) is 4.72 Å². The molecule has 0 spiro atoms. The fourth-order valence-corrected chi connectivity index (χ4v) is 4.62. The molecule has 1 saturated carbocycles. The molecule has 0 radical (unpaired) electrons. The van der Waals surface area contributed by atoms with Gasteiger partial charge < -0.3 is 4.57 Å². The van der Waals surface area contributed by atoms with Gasteiger partial charge in [-0.15, -0.1) is 0 Å². The lowest BCUT2D eigenvalue weighted by Crippen LogP contribution is -2.43. The Labute approximate surface area is 183 Å². The predicted octanol–water partition coefficient (Wildman–Crippen LogP) is 3.92. The number of fused-ring (bicyclic) bond motifs is 1. The molecule has 1 aliphatic carbocycles. The van der Waals surface area contributed by atoms with E-state index in [1.165, 1.54) is 0 Å². The van der Waals surface area contributed by atoms with Gasteiger partial charge in [0, 0.05) is 11.9 Å². The second-order valence-corrected chi connectivity index (χ2v) is 9.75. The summed E-state index contributed by atoms with van der Waals surface area (Å²) in [7, 11) is -4.47. The Morgan fingerprint density at radius 2 is 1.94 bits per heavy atom. The Bertz CT molecular complexity index is 1320. The van der Waals surface area contributed by atoms with E-state index >= 15 is 0 Å². The number of rotatable bonds is 6. The minimum Gasteiger partial charge on any atom is -0.336 e. The summed E-state index contributed by atoms with van der Waals surface area (Å²) < 4.78 is 66.4. The maximum absolute atomic E-state index is 12.8. The highest BCUT2D eigenvalue weighted by Gasteiger charge is 2.39. The zero-order valence-electron chi connectivity index (χ0n) is 17.3. The van der Waals surface area contributed by atoms with Crippen LogP contribution in [0.3, 0.4) is 0 Å². The van der Waals surface area contributed by atoms with E-state index < -0.39 is 27.1 Å². The molecule has 0 aliphatic heterocycles. The fraction of sp³-hybridized carbons (Fsp3) is 0.381. The summed E-state index contributed by atoms with van der Waals surface area (Å²) in [4.78, 5) is 7.74. The van der Waals surface area contributed by atoms with Crippen LogP contribution in [-0.2, 0) is 16.6 Å². The Hall–Kier alpha value is -2.97. The number of aryl methyl sites for hydroxylation is 1. The minimum absolute atomic E-state index is 0.138. The molecule has 168 valence electrons. The van der Waals surface area contributed by atoms with Crippen molar-refractivity contribution in [2.45, 2.75) is 50.3 Å². The van der Waals surface area contributed by atoms with Crippen molar-refractivity contribution in [1.29, 1.82) is 5.26 Å². The Morgan fingerprint density at radius 3 is 2.50 bits per heavy atom. The first-order valence-electron chi connectivity index (χ1n) is 9.95. The molecule has 1 N–H and O–H groups in total. The van der Waals surface area contributed by atoms with Crippen LogP contribution in [0.4, 0.5) is 13.2 Å². The minimum atomic E-state index is -4.72. The van der Waals surface area contributed by atoms with E-state index in [4.69, 9.17) is 0 Å². The maximum Gasteiger partial charge on any atom is 0.404 e. The zero-order chi connectivity index (χ0) is 23.3. The molecule has 7 nitrogen and oxygen atoms in total. The van der Waals surface area contributed by atoms with E-state index in [9.17, 15) is 26.9 Å². The first kappa shape index (κ1) is 22.2. The number of alkyl halides is 3. The molecule has 2 aromatic heterocycles. The van der Waals surface area contributed by atoms with E-state index in [2.05, 4.69) is 16.0 Å². The van der Waals surface area contributed by atoms with Gasteiger partial charge in [-0.05, 0) is 44.2 Å². The molecule has 11 heteroatoms. The molecule has 0 saturated heterocycles. The summed E-state index contributed by atoms with van der Waals surface area (Å²) in [6.07, 6.45) is -0.655. The van der Waals surface area contributed by atoms with E-state index in [0.29, 0.717) is 30.6 Å². The summed E-state index contributed by atoms with van der Waals surface area (Å²) in [6.45, 7) is 3.33. The SMILES string of the molecule is Cc1ccc2c(C#N)c(-c3ncc(S(=O)(=O)NC(C)C(F)(F)F)cn3)n(CC3CC3)c2c1. The average molecular weight is 463 g/mol. The molecule has 0 amide bonds. The van der Waals surface area contributed by atoms with Gasteiger partial charge in [0.15, 0.2) is 5.82 Å². The number of aromatic nitrogens is 3. The van der Waals surface area contributed by atoms with Gasteiger partial charge in [-0.1, -0.05) is 12.1 Å². The number of benzene rings is 1. The highest BCUT2D eigenvalue weighted by molar-refractivity contribution is 7.89. The summed E-state index contributed by atoms with van der Waals surface area (Å²) in [5, 5.41) is 10.6. The maximum atomic E-state index is 12.8. The highest BCUT2D eigenvalue weighted by Crippen LogP contribution is 2.38. The van der Waals surface area contributed by atoms with Gasteiger partial charge >= 0.3 is 6.18 Å². The lowest BCUT2D eigenvalue weighted by atomic mass is 10.1. The molecule has 1 unspecified atom stereocenters. The zero-order valence-corrected chi connectivity index (χ0v) is 18.1. The third-order valence-electron chi connectivity index (χ3n) is 5.44. The molecule has 0 bridgehead atoms. The molecule has 1 aliphatic rings. The van der Waals surface area contributed by atoms with Crippen LogP contribution in [0.1, 0.15) is 30.9 Å². The molecular formula is C21H20F3N5O2S. The van der Waals surface area contributed by atoms with Crippen molar-refractivity contribution >= 4 is 20.9 Å². The van der Waals surface area contributed by atoms with Crippen LogP contribution in [0.25, 0.3) is 22.4 Å². The van der Waals surface area contributed by atoms with E-state index in [1.807, 2.05) is 29.7 Å². The largest absolute Gasteiger partial charge is 0.404 e. The summed E-state index contributed by atoms with van der Waals surface area (Å²) in [5.41, 5.74) is 2.74. The van der Waals surface area contributed by atoms with Gasteiger partial charge in [-0.2, -0.15) is 23.2 Å². The van der Waals surface area contributed by atoms with Crippen molar-refractivity contribution in [3.63, 3.8) is 0 Å². The monoisotopic (exact) mass is 463 g/mol. The van der Waals surface area contributed by atoms with Crippen LogP contribution in [0.5, 0.6) is 0 Å². The summed E-state index contributed by atoms with van der Waals surface area (Å²) in [6, 6.07) is 5.67. The van der Waals surface area contributed by atoms with Crippen molar-refractivity contribution in [3.8, 4) is 17.6 Å². The van der Waals surface area contributed by atoms with Crippen molar-refractivity contribution < 1.29 is 21.6 Å². The predicted molar refractivity (Wildman–Crippen MR) is 111 cm³/mol. The standard InChI is InChI=1S/C21H20F3N5O2S/c1-12-3-6-16-17(8-25)19(29(18(16)7-12)11-14-4-5-14)20-26-9-15(10-27-20)32(30,31)28-13(2)21(22,23)24/h3,6-7,9-10,13-14,28H,4-5,11H2,1-2H3. The normalized spacial score (nSPS) is 15.6. The average Bonchev–Trinajstić information content (AvgIpc) is 3.49. The van der Waals surface area contributed by atoms with Crippen molar-refractivity contribution in [1.82, 2.24) is 19.3 Å². The van der Waals surface area contributed by atoms with Crippen LogP contribution in [0.2, 0.25) is 0 Å². The highest BCUT2D eigenvalue weighted by atomic mass is 32.2. The van der Waals surface area contributed by atoms with Crippen molar-refractivity contribution in [2.75, 3.05) is 0 Å². The smallest absolute Gasteiger partial charge is 0.336 e. The molecule has 1 atom stereocenters. The first-order chi connectivity index (χ1) is 15.0. The van der Waals surface area contributed by atoms with E-state index in [-0.39, 0.29) is 5.82 Å². The van der Waals surface area contributed by atoms with Gasteiger partial charge in [-0.25, -0.2) is 18.4 Å². The van der Waals surface area contributed by atoms with Crippen molar-refractivity contribution in [3.05, 3.63) is 41.7 Å². The number of hydrogen-bond donors (Lipinski definition) is 1. The molecule has 1 fully saturated rings. The first-order valence-corrected chi connectivity index (χ1v) is 11.4. The molecule has 2 heterocycles. The number of halogens is 3. The molecule has 4 rings (SSSR count). The van der Waals surface area contributed by atoms with Gasteiger partial charge in [0.2, 0.25) is 10.0 Å². The van der Waals surface area contributed by atoms with Crippen molar-refractivity contribution in [2.24, 2.45) is 5.92 Å². The van der Waals surface area contributed by atoms with Crippen LogP contribution in [0.15, 0.2) is 35.5 Å². The molecule has 32 heavy (non-hydrogen) atoms. The van der Waals surface area contributed by atoms with Crippen LogP contribution in [-0.4, -0.2) is 35.2 Å². The molecule has 3 aromatic rings. The summed E-state index contributed by atoms with van der Waals surface area (Å²) >= 11 is 0. The topological polar surface area (TPSA) is 101 Å². The quantitative estimate of drug-likeness (QED) is 0.597. The molecule has 1 aromatic carbocycles. The Kier molecular flexibility index (Phi) is 5.46.